The first-order valence-electron chi connectivity index (χ1n) is 11.9. The predicted molar refractivity (Wildman–Crippen MR) is 124 cm³/mol. The summed E-state index contributed by atoms with van der Waals surface area (Å²) in [7, 11) is 0. The van der Waals surface area contributed by atoms with Crippen molar-refractivity contribution in [2.45, 2.75) is 69.0 Å². The van der Waals surface area contributed by atoms with Gasteiger partial charge in [0.15, 0.2) is 0 Å². The molecule has 3 aliphatic heterocycles. The Morgan fingerprint density at radius 2 is 1.91 bits per heavy atom. The van der Waals surface area contributed by atoms with E-state index in [-0.39, 0.29) is 36.7 Å². The molecule has 34 heavy (non-hydrogen) atoms. The number of pyridine rings is 1. The number of nitrogens with zero attached hydrogens (tertiary/aromatic N) is 2. The van der Waals surface area contributed by atoms with Gasteiger partial charge in [0.05, 0.1) is 6.10 Å². The Hall–Kier alpha value is -3.17. The molecule has 1 unspecified atom stereocenters. The van der Waals surface area contributed by atoms with Crippen LogP contribution in [0.2, 0.25) is 0 Å². The molecule has 0 aliphatic carbocycles. The normalized spacial score (nSPS) is 26.4. The number of benzene rings is 1. The van der Waals surface area contributed by atoms with Crippen LogP contribution in [0.25, 0.3) is 0 Å². The molecule has 3 aliphatic rings. The van der Waals surface area contributed by atoms with Crippen LogP contribution >= 0.6 is 0 Å². The largest absolute Gasteiger partial charge is 0.474 e. The smallest absolute Gasteiger partial charge is 0.407 e. The monoisotopic (exact) mass is 466 g/mol. The van der Waals surface area contributed by atoms with Crippen LogP contribution in [0, 0.1) is 0 Å². The highest BCUT2D eigenvalue weighted by Gasteiger charge is 2.44. The summed E-state index contributed by atoms with van der Waals surface area (Å²) in [6, 6.07) is 11.2. The number of carboxylic acid groups (broad SMARTS) is 1. The van der Waals surface area contributed by atoms with Gasteiger partial charge in [0, 0.05) is 61.9 Å². The van der Waals surface area contributed by atoms with Gasteiger partial charge in [-0.25, -0.2) is 9.78 Å². The molecule has 180 valence electrons. The van der Waals surface area contributed by atoms with Crippen LogP contribution in [0.5, 0.6) is 5.88 Å². The average Bonchev–Trinajstić information content (AvgIpc) is 3.13. The molecule has 5 atom stereocenters. The second-order valence-corrected chi connectivity index (χ2v) is 9.41. The van der Waals surface area contributed by atoms with E-state index in [4.69, 9.17) is 4.74 Å². The number of rotatable bonds is 6. The Bertz CT molecular complexity index is 1050. The van der Waals surface area contributed by atoms with Crippen molar-refractivity contribution >= 4 is 12.0 Å². The third-order valence-corrected chi connectivity index (χ3v) is 7.24. The lowest BCUT2D eigenvalue weighted by Gasteiger charge is -2.36. The van der Waals surface area contributed by atoms with Gasteiger partial charge in [-0.05, 0) is 36.5 Å². The van der Waals surface area contributed by atoms with Crippen LogP contribution in [0.4, 0.5) is 4.79 Å². The molecule has 2 saturated heterocycles. The minimum Gasteiger partial charge on any atom is -0.474 e. The first kappa shape index (κ1) is 22.6. The number of aliphatic hydroxyl groups excluding tert-OH is 1. The molecule has 1 aromatic heterocycles. The van der Waals surface area contributed by atoms with E-state index in [1.807, 2.05) is 12.1 Å². The number of hydrogen-bond acceptors (Lipinski definition) is 6. The van der Waals surface area contributed by atoms with Crippen molar-refractivity contribution in [3.63, 3.8) is 0 Å². The number of ether oxygens (including phenoxy) is 1. The van der Waals surface area contributed by atoms with Crippen molar-refractivity contribution in [1.82, 2.24) is 20.5 Å². The van der Waals surface area contributed by atoms with E-state index in [1.54, 1.807) is 17.0 Å². The number of nitrogens with one attached hydrogen (secondary N) is 2. The molecule has 9 nitrogen and oxygen atoms in total. The SMILES string of the molecule is O=C(NC[C@@H](O)[C@@H]1Cc2ccccc2CN1)c1ccnc(OC2C[C@H]3CC[C@@H](C2)N3C(=O)O)c1. The second-order valence-electron chi connectivity index (χ2n) is 9.41. The van der Waals surface area contributed by atoms with E-state index < -0.39 is 12.2 Å². The molecule has 2 fully saturated rings. The Kier molecular flexibility index (Phi) is 6.38. The van der Waals surface area contributed by atoms with Crippen LogP contribution in [-0.4, -0.2) is 69.0 Å². The van der Waals surface area contributed by atoms with Crippen molar-refractivity contribution in [3.05, 3.63) is 59.3 Å². The Balaban J connectivity index is 1.14. The van der Waals surface area contributed by atoms with Gasteiger partial charge >= 0.3 is 6.09 Å². The van der Waals surface area contributed by atoms with E-state index in [1.165, 1.54) is 17.3 Å². The highest BCUT2D eigenvalue weighted by Crippen LogP contribution is 2.37. The molecule has 1 aromatic carbocycles. The fourth-order valence-electron chi connectivity index (χ4n) is 5.51. The van der Waals surface area contributed by atoms with Gasteiger partial charge in [0.25, 0.3) is 5.91 Å². The van der Waals surface area contributed by atoms with Crippen molar-refractivity contribution in [1.29, 1.82) is 0 Å². The lowest BCUT2D eigenvalue weighted by molar-refractivity contribution is 0.0475. The number of piperidine rings is 1. The van der Waals surface area contributed by atoms with Crippen LogP contribution in [0.3, 0.4) is 0 Å². The number of amides is 2. The first-order valence-corrected chi connectivity index (χ1v) is 11.9. The summed E-state index contributed by atoms with van der Waals surface area (Å²) < 4.78 is 6.04. The topological polar surface area (TPSA) is 124 Å². The van der Waals surface area contributed by atoms with Crippen molar-refractivity contribution in [2.75, 3.05) is 6.54 Å². The molecule has 9 heteroatoms. The molecular formula is C25H30N4O5. The maximum absolute atomic E-state index is 12.7. The highest BCUT2D eigenvalue weighted by atomic mass is 16.5. The lowest BCUT2D eigenvalue weighted by atomic mass is 9.93. The summed E-state index contributed by atoms with van der Waals surface area (Å²) in [6.07, 6.45) is 3.51. The maximum Gasteiger partial charge on any atom is 0.407 e. The predicted octanol–water partition coefficient (Wildman–Crippen LogP) is 1.94. The minimum absolute atomic E-state index is 0.0189. The van der Waals surface area contributed by atoms with E-state index in [2.05, 4.69) is 27.8 Å². The van der Waals surface area contributed by atoms with Crippen molar-refractivity contribution in [2.24, 2.45) is 0 Å². The van der Waals surface area contributed by atoms with Crippen molar-refractivity contribution in [3.8, 4) is 5.88 Å². The maximum atomic E-state index is 12.7. The van der Waals surface area contributed by atoms with E-state index in [9.17, 15) is 19.8 Å². The molecule has 4 heterocycles. The number of carbonyl (C=O) groups excluding carboxylic acids is 1. The van der Waals surface area contributed by atoms with Crippen LogP contribution in [-0.2, 0) is 13.0 Å². The molecule has 5 rings (SSSR count). The summed E-state index contributed by atoms with van der Waals surface area (Å²) in [5.74, 6) is 0.0511. The first-order chi connectivity index (χ1) is 16.5. The quantitative estimate of drug-likeness (QED) is 0.513. The number of fused-ring (bicyclic) bond motifs is 3. The minimum atomic E-state index is -0.863. The molecule has 0 spiro atoms. The Morgan fingerprint density at radius 3 is 2.65 bits per heavy atom. The van der Waals surface area contributed by atoms with E-state index in [0.29, 0.717) is 37.3 Å². The molecule has 2 bridgehead atoms. The number of carbonyl (C=O) groups is 2. The van der Waals surface area contributed by atoms with Gasteiger partial charge in [0.1, 0.15) is 6.10 Å². The average molecular weight is 467 g/mol. The van der Waals surface area contributed by atoms with E-state index >= 15 is 0 Å². The third-order valence-electron chi connectivity index (χ3n) is 7.24. The van der Waals surface area contributed by atoms with Crippen LogP contribution < -0.4 is 15.4 Å². The third kappa shape index (κ3) is 4.71. The molecule has 2 aromatic rings. The van der Waals surface area contributed by atoms with E-state index in [0.717, 1.165) is 12.8 Å². The highest BCUT2D eigenvalue weighted by molar-refractivity contribution is 5.94. The zero-order valence-corrected chi connectivity index (χ0v) is 18.9. The number of aromatic nitrogens is 1. The number of hydrogen-bond donors (Lipinski definition) is 4. The Morgan fingerprint density at radius 1 is 1.18 bits per heavy atom. The van der Waals surface area contributed by atoms with Crippen LogP contribution in [0.15, 0.2) is 42.6 Å². The molecule has 0 radical (unpaired) electrons. The zero-order chi connectivity index (χ0) is 23.7. The Labute approximate surface area is 198 Å². The molecule has 2 amide bonds. The van der Waals surface area contributed by atoms with Gasteiger partial charge in [-0.2, -0.15) is 0 Å². The van der Waals surface area contributed by atoms with Gasteiger partial charge < -0.3 is 30.5 Å². The molecule has 4 N–H and O–H groups in total. The summed E-state index contributed by atoms with van der Waals surface area (Å²) in [6.45, 7) is 0.832. The van der Waals surface area contributed by atoms with Gasteiger partial charge in [-0.3, -0.25) is 4.79 Å². The molecule has 0 saturated carbocycles. The van der Waals surface area contributed by atoms with Gasteiger partial charge in [-0.1, -0.05) is 24.3 Å². The summed E-state index contributed by atoms with van der Waals surface area (Å²) in [4.78, 5) is 30.0. The van der Waals surface area contributed by atoms with Crippen LogP contribution in [0.1, 0.15) is 47.2 Å². The second kappa shape index (κ2) is 9.60. The fourth-order valence-corrected chi connectivity index (χ4v) is 5.51. The van der Waals surface area contributed by atoms with Gasteiger partial charge in [-0.15, -0.1) is 0 Å². The summed E-state index contributed by atoms with van der Waals surface area (Å²) in [5.41, 5.74) is 2.86. The number of aliphatic hydroxyl groups is 1. The lowest BCUT2D eigenvalue weighted by Crippen LogP contribution is -2.49. The summed E-state index contributed by atoms with van der Waals surface area (Å²) >= 11 is 0. The summed E-state index contributed by atoms with van der Waals surface area (Å²) in [5, 5.41) is 26.2. The molecular weight excluding hydrogens is 436 g/mol. The zero-order valence-electron chi connectivity index (χ0n) is 18.9. The standard InChI is InChI=1S/C25H30N4O5/c30-22(21-9-15-3-1-2-4-17(15)13-27-21)14-28-24(31)16-7-8-26-23(10-16)34-20-11-18-5-6-19(12-20)29(18)25(32)33/h1-4,7-8,10,18-22,27,30H,5-6,9,11-14H2,(H,28,31)(H,32,33)/t18-,19+,20?,21-,22+/m0/s1. The fraction of sp³-hybridized carbons (Fsp3) is 0.480. The van der Waals surface area contributed by atoms with Crippen molar-refractivity contribution < 1.29 is 24.5 Å². The van der Waals surface area contributed by atoms with Gasteiger partial charge in [0.2, 0.25) is 5.88 Å².